The van der Waals surface area contributed by atoms with Crippen LogP contribution in [0.4, 0.5) is 0 Å². The molecule has 0 unspecified atom stereocenters. The first kappa shape index (κ1) is 17.5. The molecule has 2 nitrogen and oxygen atoms in total. The molecular weight excluding hydrogens is 224 g/mol. The van der Waals surface area contributed by atoms with Gasteiger partial charge in [0.2, 0.25) is 0 Å². The van der Waals surface area contributed by atoms with E-state index in [4.69, 9.17) is 4.74 Å². The van der Waals surface area contributed by atoms with Gasteiger partial charge in [0.25, 0.3) is 0 Å². The monoisotopic (exact) mass is 256 g/mol. The number of unbranched alkanes of at least 4 members (excludes halogenated alkanes) is 6. The van der Waals surface area contributed by atoms with E-state index in [0.29, 0.717) is 18.9 Å². The van der Waals surface area contributed by atoms with Crippen LogP contribution >= 0.6 is 0 Å². The van der Waals surface area contributed by atoms with Crippen LogP contribution in [0.2, 0.25) is 0 Å². The van der Waals surface area contributed by atoms with Crippen LogP contribution in [0.5, 0.6) is 0 Å². The van der Waals surface area contributed by atoms with Crippen molar-refractivity contribution >= 4 is 5.97 Å². The van der Waals surface area contributed by atoms with Crippen molar-refractivity contribution in [2.75, 3.05) is 6.61 Å². The van der Waals surface area contributed by atoms with Gasteiger partial charge < -0.3 is 4.74 Å². The van der Waals surface area contributed by atoms with E-state index in [-0.39, 0.29) is 5.97 Å². The smallest absolute Gasteiger partial charge is 0.305 e. The Labute approximate surface area is 113 Å². The van der Waals surface area contributed by atoms with E-state index < -0.39 is 0 Å². The van der Waals surface area contributed by atoms with Crippen molar-refractivity contribution in [2.45, 2.75) is 85.0 Å². The maximum absolute atomic E-state index is 11.5. The van der Waals surface area contributed by atoms with Gasteiger partial charge in [0.05, 0.1) is 6.61 Å². The molecule has 108 valence electrons. The molecule has 0 amide bonds. The van der Waals surface area contributed by atoms with Gasteiger partial charge in [-0.05, 0) is 12.3 Å². The van der Waals surface area contributed by atoms with Crippen molar-refractivity contribution in [1.29, 1.82) is 0 Å². The minimum Gasteiger partial charge on any atom is -0.465 e. The van der Waals surface area contributed by atoms with Crippen LogP contribution in [0, 0.1) is 5.92 Å². The largest absolute Gasteiger partial charge is 0.465 e. The summed E-state index contributed by atoms with van der Waals surface area (Å²) in [4.78, 5) is 11.5. The van der Waals surface area contributed by atoms with Gasteiger partial charge in [-0.1, -0.05) is 72.1 Å². The van der Waals surface area contributed by atoms with E-state index in [1.54, 1.807) is 0 Å². The first-order chi connectivity index (χ1) is 8.74. The second-order valence-electron chi connectivity index (χ2n) is 5.24. The zero-order valence-corrected chi connectivity index (χ0v) is 12.7. The summed E-state index contributed by atoms with van der Waals surface area (Å²) in [5.41, 5.74) is 0. The molecule has 0 saturated heterocycles. The number of hydrogen-bond donors (Lipinski definition) is 0. The van der Waals surface area contributed by atoms with Crippen LogP contribution in [0.3, 0.4) is 0 Å². The molecule has 0 rings (SSSR count). The average molecular weight is 256 g/mol. The van der Waals surface area contributed by atoms with Gasteiger partial charge in [-0.15, -0.1) is 0 Å². The Morgan fingerprint density at radius 3 is 2.00 bits per heavy atom. The molecule has 0 N–H and O–H groups in total. The molecule has 0 atom stereocenters. The molecule has 0 heterocycles. The molecular formula is C16H32O2. The summed E-state index contributed by atoms with van der Waals surface area (Å²) in [6.07, 6.45) is 11.5. The summed E-state index contributed by atoms with van der Waals surface area (Å²) < 4.78 is 5.29. The molecule has 0 aliphatic heterocycles. The molecule has 0 bridgehead atoms. The molecule has 0 aliphatic carbocycles. The average Bonchev–Trinajstić information content (AvgIpc) is 2.39. The van der Waals surface area contributed by atoms with Crippen molar-refractivity contribution in [1.82, 2.24) is 0 Å². The fraction of sp³-hybridized carbons (Fsp3) is 0.938. The predicted octanol–water partition coefficient (Wildman–Crippen LogP) is 5.11. The lowest BCUT2D eigenvalue weighted by Gasteiger charge is -2.12. The van der Waals surface area contributed by atoms with E-state index in [1.165, 1.54) is 38.5 Å². The summed E-state index contributed by atoms with van der Waals surface area (Å²) >= 11 is 0. The molecule has 2 heteroatoms. The Morgan fingerprint density at radius 2 is 1.44 bits per heavy atom. The summed E-state index contributed by atoms with van der Waals surface area (Å²) in [7, 11) is 0. The van der Waals surface area contributed by atoms with Crippen molar-refractivity contribution in [3.8, 4) is 0 Å². The molecule has 0 saturated carbocycles. The lowest BCUT2D eigenvalue weighted by atomic mass is 10.1. The maximum Gasteiger partial charge on any atom is 0.305 e. The third kappa shape index (κ3) is 10.6. The van der Waals surface area contributed by atoms with Crippen molar-refractivity contribution in [3.05, 3.63) is 0 Å². The SMILES string of the molecule is CCCCCCCCCC(=O)OCC(CC)CC. The fourth-order valence-electron chi connectivity index (χ4n) is 2.03. The minimum absolute atomic E-state index is 0.00421. The van der Waals surface area contributed by atoms with Gasteiger partial charge in [0.15, 0.2) is 0 Å². The van der Waals surface area contributed by atoms with Gasteiger partial charge in [0, 0.05) is 6.42 Å². The Morgan fingerprint density at radius 1 is 0.889 bits per heavy atom. The molecule has 0 radical (unpaired) electrons. The molecule has 18 heavy (non-hydrogen) atoms. The van der Waals surface area contributed by atoms with Crippen molar-refractivity contribution in [2.24, 2.45) is 5.92 Å². The third-order valence-corrected chi connectivity index (χ3v) is 3.62. The fourth-order valence-corrected chi connectivity index (χ4v) is 2.03. The predicted molar refractivity (Wildman–Crippen MR) is 77.6 cm³/mol. The highest BCUT2D eigenvalue weighted by Gasteiger charge is 2.07. The summed E-state index contributed by atoms with van der Waals surface area (Å²) in [6, 6.07) is 0. The maximum atomic E-state index is 11.5. The molecule has 0 aromatic heterocycles. The molecule has 0 aliphatic rings. The first-order valence-corrected chi connectivity index (χ1v) is 7.90. The lowest BCUT2D eigenvalue weighted by Crippen LogP contribution is -2.12. The molecule has 0 fully saturated rings. The highest BCUT2D eigenvalue weighted by molar-refractivity contribution is 5.69. The lowest BCUT2D eigenvalue weighted by molar-refractivity contribution is -0.145. The number of ether oxygens (including phenoxy) is 1. The zero-order chi connectivity index (χ0) is 13.6. The number of carbonyl (C=O) groups is 1. The first-order valence-electron chi connectivity index (χ1n) is 7.90. The zero-order valence-electron chi connectivity index (χ0n) is 12.7. The second-order valence-corrected chi connectivity index (χ2v) is 5.24. The van der Waals surface area contributed by atoms with Crippen LogP contribution in [0.1, 0.15) is 85.0 Å². The summed E-state index contributed by atoms with van der Waals surface area (Å²) in [5.74, 6) is 0.540. The van der Waals surface area contributed by atoms with Gasteiger partial charge in [-0.25, -0.2) is 0 Å². The number of carbonyl (C=O) groups excluding carboxylic acids is 1. The van der Waals surface area contributed by atoms with E-state index in [9.17, 15) is 4.79 Å². The van der Waals surface area contributed by atoms with Gasteiger partial charge in [0.1, 0.15) is 0 Å². The van der Waals surface area contributed by atoms with Gasteiger partial charge in [-0.3, -0.25) is 4.79 Å². The number of rotatable bonds is 12. The highest BCUT2D eigenvalue weighted by Crippen LogP contribution is 2.11. The van der Waals surface area contributed by atoms with Crippen LogP contribution in [-0.4, -0.2) is 12.6 Å². The van der Waals surface area contributed by atoms with E-state index >= 15 is 0 Å². The summed E-state index contributed by atoms with van der Waals surface area (Å²) in [6.45, 7) is 7.15. The Bertz CT molecular complexity index is 186. The van der Waals surface area contributed by atoms with Crippen LogP contribution < -0.4 is 0 Å². The minimum atomic E-state index is -0.00421. The third-order valence-electron chi connectivity index (χ3n) is 3.62. The van der Waals surface area contributed by atoms with Crippen molar-refractivity contribution in [3.63, 3.8) is 0 Å². The molecule has 0 aromatic carbocycles. The molecule has 0 spiro atoms. The second kappa shape index (κ2) is 12.9. The van der Waals surface area contributed by atoms with Crippen LogP contribution in [0.25, 0.3) is 0 Å². The van der Waals surface area contributed by atoms with Gasteiger partial charge in [-0.2, -0.15) is 0 Å². The molecule has 0 aromatic rings. The Balaban J connectivity index is 3.31. The quantitative estimate of drug-likeness (QED) is 0.358. The number of esters is 1. The normalized spacial score (nSPS) is 10.9. The van der Waals surface area contributed by atoms with E-state index in [2.05, 4.69) is 20.8 Å². The van der Waals surface area contributed by atoms with Gasteiger partial charge >= 0.3 is 5.97 Å². The van der Waals surface area contributed by atoms with Crippen molar-refractivity contribution < 1.29 is 9.53 Å². The Hall–Kier alpha value is -0.530. The Kier molecular flexibility index (Phi) is 12.5. The topological polar surface area (TPSA) is 26.3 Å². The van der Waals surface area contributed by atoms with Crippen LogP contribution in [-0.2, 0) is 9.53 Å². The highest BCUT2D eigenvalue weighted by atomic mass is 16.5. The number of hydrogen-bond acceptors (Lipinski definition) is 2. The van der Waals surface area contributed by atoms with E-state index in [1.807, 2.05) is 0 Å². The standard InChI is InChI=1S/C16H32O2/c1-4-7-8-9-10-11-12-13-16(17)18-14-15(5-2)6-3/h15H,4-14H2,1-3H3. The van der Waals surface area contributed by atoms with E-state index in [0.717, 1.165) is 19.3 Å². The summed E-state index contributed by atoms with van der Waals surface area (Å²) in [5, 5.41) is 0. The van der Waals surface area contributed by atoms with Crippen LogP contribution in [0.15, 0.2) is 0 Å².